The predicted molar refractivity (Wildman–Crippen MR) is 93.8 cm³/mol. The molecule has 4 nitrogen and oxygen atoms in total. The van der Waals surface area contributed by atoms with Gasteiger partial charge in [0.15, 0.2) is 0 Å². The number of benzene rings is 1. The summed E-state index contributed by atoms with van der Waals surface area (Å²) in [6.07, 6.45) is 5.12. The standard InChI is InChI=1S/C20H29NO3/c1-3-23-19-9-16-8-14(2)24-20(16)10-17(19)12-21(18-4-5-18)11-15-6-7-22-13-15/h9-10,14-15,18H,3-8,11-13H2,1-2H3. The fourth-order valence-electron chi connectivity index (χ4n) is 3.96. The van der Waals surface area contributed by atoms with Crippen LogP contribution in [0.4, 0.5) is 0 Å². The van der Waals surface area contributed by atoms with Crippen LogP contribution < -0.4 is 9.47 Å². The van der Waals surface area contributed by atoms with E-state index in [-0.39, 0.29) is 6.10 Å². The second-order valence-corrected chi connectivity index (χ2v) is 7.52. The zero-order valence-corrected chi connectivity index (χ0v) is 14.9. The summed E-state index contributed by atoms with van der Waals surface area (Å²) in [5.74, 6) is 2.79. The Bertz CT molecular complexity index is 578. The zero-order valence-electron chi connectivity index (χ0n) is 14.9. The number of hydrogen-bond donors (Lipinski definition) is 0. The van der Waals surface area contributed by atoms with Crippen molar-refractivity contribution in [3.8, 4) is 11.5 Å². The van der Waals surface area contributed by atoms with Crippen molar-refractivity contribution >= 4 is 0 Å². The van der Waals surface area contributed by atoms with Gasteiger partial charge >= 0.3 is 0 Å². The van der Waals surface area contributed by atoms with Crippen molar-refractivity contribution < 1.29 is 14.2 Å². The molecular formula is C20H29NO3. The first-order valence-corrected chi connectivity index (χ1v) is 9.50. The normalized spacial score (nSPS) is 25.8. The Hall–Kier alpha value is -1.26. The summed E-state index contributed by atoms with van der Waals surface area (Å²) in [4.78, 5) is 2.64. The Labute approximate surface area is 145 Å². The molecule has 2 heterocycles. The molecule has 2 aliphatic heterocycles. The SMILES string of the molecule is CCOc1cc2c(cc1CN(CC1CCOC1)C1CC1)OC(C)C2. The van der Waals surface area contributed by atoms with Gasteiger partial charge in [-0.25, -0.2) is 0 Å². The average Bonchev–Trinajstić information content (AvgIpc) is 3.16. The maximum atomic E-state index is 5.98. The highest BCUT2D eigenvalue weighted by Crippen LogP contribution is 2.37. The van der Waals surface area contributed by atoms with Crippen LogP contribution in [0.2, 0.25) is 0 Å². The average molecular weight is 331 g/mol. The van der Waals surface area contributed by atoms with Crippen LogP contribution in [-0.4, -0.2) is 43.4 Å². The van der Waals surface area contributed by atoms with Crippen LogP contribution in [0.5, 0.6) is 11.5 Å². The van der Waals surface area contributed by atoms with Gasteiger partial charge in [0.2, 0.25) is 0 Å². The van der Waals surface area contributed by atoms with Crippen LogP contribution in [0.3, 0.4) is 0 Å². The molecule has 2 fully saturated rings. The molecule has 0 N–H and O–H groups in total. The maximum Gasteiger partial charge on any atom is 0.124 e. The monoisotopic (exact) mass is 331 g/mol. The molecule has 1 saturated heterocycles. The third kappa shape index (κ3) is 3.55. The van der Waals surface area contributed by atoms with Crippen molar-refractivity contribution in [1.29, 1.82) is 0 Å². The van der Waals surface area contributed by atoms with E-state index < -0.39 is 0 Å². The van der Waals surface area contributed by atoms with Crippen LogP contribution in [-0.2, 0) is 17.7 Å². The largest absolute Gasteiger partial charge is 0.494 e. The molecule has 3 aliphatic rings. The van der Waals surface area contributed by atoms with E-state index in [1.165, 1.54) is 30.4 Å². The molecule has 0 bridgehead atoms. The molecule has 4 heteroatoms. The molecule has 24 heavy (non-hydrogen) atoms. The molecule has 2 unspecified atom stereocenters. The van der Waals surface area contributed by atoms with E-state index in [2.05, 4.69) is 30.9 Å². The highest BCUT2D eigenvalue weighted by molar-refractivity contribution is 5.48. The van der Waals surface area contributed by atoms with Crippen molar-refractivity contribution in [3.05, 3.63) is 23.3 Å². The highest BCUT2D eigenvalue weighted by Gasteiger charge is 2.32. The van der Waals surface area contributed by atoms with Crippen LogP contribution in [0, 0.1) is 5.92 Å². The van der Waals surface area contributed by atoms with E-state index in [0.717, 1.165) is 50.3 Å². The third-order valence-electron chi connectivity index (χ3n) is 5.33. The number of fused-ring (bicyclic) bond motifs is 1. The topological polar surface area (TPSA) is 30.9 Å². The van der Waals surface area contributed by atoms with Crippen molar-refractivity contribution in [2.24, 2.45) is 5.92 Å². The molecule has 1 aromatic carbocycles. The summed E-state index contributed by atoms with van der Waals surface area (Å²) in [6.45, 7) is 8.86. The van der Waals surface area contributed by atoms with Gasteiger partial charge in [-0.05, 0) is 51.2 Å². The summed E-state index contributed by atoms with van der Waals surface area (Å²) in [7, 11) is 0. The highest BCUT2D eigenvalue weighted by atomic mass is 16.5. The van der Waals surface area contributed by atoms with E-state index >= 15 is 0 Å². The first-order valence-electron chi connectivity index (χ1n) is 9.50. The lowest BCUT2D eigenvalue weighted by molar-refractivity contribution is 0.160. The Kier molecular flexibility index (Phi) is 4.68. The fourth-order valence-corrected chi connectivity index (χ4v) is 3.96. The fraction of sp³-hybridized carbons (Fsp3) is 0.700. The van der Waals surface area contributed by atoms with Gasteiger partial charge in [0.1, 0.15) is 17.6 Å². The third-order valence-corrected chi connectivity index (χ3v) is 5.33. The molecule has 0 radical (unpaired) electrons. The second kappa shape index (κ2) is 6.93. The molecule has 132 valence electrons. The van der Waals surface area contributed by atoms with E-state index in [4.69, 9.17) is 14.2 Å². The number of ether oxygens (including phenoxy) is 3. The van der Waals surface area contributed by atoms with Crippen LogP contribution in [0.1, 0.15) is 44.2 Å². The van der Waals surface area contributed by atoms with Crippen molar-refractivity contribution in [1.82, 2.24) is 4.90 Å². The molecule has 1 aliphatic carbocycles. The van der Waals surface area contributed by atoms with Gasteiger partial charge in [-0.2, -0.15) is 0 Å². The first-order chi connectivity index (χ1) is 11.7. The number of hydrogen-bond acceptors (Lipinski definition) is 4. The van der Waals surface area contributed by atoms with Crippen LogP contribution >= 0.6 is 0 Å². The summed E-state index contributed by atoms with van der Waals surface area (Å²) in [6, 6.07) is 5.18. The molecule has 0 amide bonds. The lowest BCUT2D eigenvalue weighted by Crippen LogP contribution is -2.31. The summed E-state index contributed by atoms with van der Waals surface area (Å²) in [5.41, 5.74) is 2.56. The van der Waals surface area contributed by atoms with Crippen LogP contribution in [0.25, 0.3) is 0 Å². The van der Waals surface area contributed by atoms with E-state index in [9.17, 15) is 0 Å². The first kappa shape index (κ1) is 16.2. The quantitative estimate of drug-likeness (QED) is 0.766. The minimum Gasteiger partial charge on any atom is -0.494 e. The van der Waals surface area contributed by atoms with E-state index in [0.29, 0.717) is 12.5 Å². The smallest absolute Gasteiger partial charge is 0.124 e. The molecule has 0 aromatic heterocycles. The Morgan fingerprint density at radius 1 is 1.25 bits per heavy atom. The van der Waals surface area contributed by atoms with Gasteiger partial charge in [0, 0.05) is 43.3 Å². The Morgan fingerprint density at radius 3 is 2.83 bits per heavy atom. The van der Waals surface area contributed by atoms with Crippen molar-refractivity contribution in [3.63, 3.8) is 0 Å². The number of rotatable bonds is 7. The molecule has 1 aromatic rings. The van der Waals surface area contributed by atoms with Gasteiger partial charge < -0.3 is 14.2 Å². The van der Waals surface area contributed by atoms with Gasteiger partial charge in [0.25, 0.3) is 0 Å². The lowest BCUT2D eigenvalue weighted by atomic mass is 10.0. The maximum absolute atomic E-state index is 5.98. The van der Waals surface area contributed by atoms with Crippen LogP contribution in [0.15, 0.2) is 12.1 Å². The Balaban J connectivity index is 1.53. The molecule has 0 spiro atoms. The summed E-state index contributed by atoms with van der Waals surface area (Å²) < 4.78 is 17.5. The molecule has 4 rings (SSSR count). The second-order valence-electron chi connectivity index (χ2n) is 7.52. The van der Waals surface area contributed by atoms with E-state index in [1.807, 2.05) is 0 Å². The summed E-state index contributed by atoms with van der Waals surface area (Å²) in [5, 5.41) is 0. The van der Waals surface area contributed by atoms with Crippen molar-refractivity contribution in [2.75, 3.05) is 26.4 Å². The minimum atomic E-state index is 0.278. The molecule has 1 saturated carbocycles. The Morgan fingerprint density at radius 2 is 2.12 bits per heavy atom. The summed E-state index contributed by atoms with van der Waals surface area (Å²) >= 11 is 0. The van der Waals surface area contributed by atoms with Gasteiger partial charge in [-0.1, -0.05) is 0 Å². The van der Waals surface area contributed by atoms with E-state index in [1.54, 1.807) is 0 Å². The lowest BCUT2D eigenvalue weighted by Gasteiger charge is -2.26. The number of nitrogens with zero attached hydrogens (tertiary/aromatic N) is 1. The predicted octanol–water partition coefficient (Wildman–Crippen LogP) is 3.41. The molecule has 2 atom stereocenters. The molecular weight excluding hydrogens is 302 g/mol. The van der Waals surface area contributed by atoms with Gasteiger partial charge in [0.05, 0.1) is 13.2 Å². The zero-order chi connectivity index (χ0) is 16.5. The van der Waals surface area contributed by atoms with Gasteiger partial charge in [-0.15, -0.1) is 0 Å². The van der Waals surface area contributed by atoms with Gasteiger partial charge in [-0.3, -0.25) is 4.90 Å². The van der Waals surface area contributed by atoms with Crippen molar-refractivity contribution in [2.45, 2.75) is 58.2 Å². The minimum absolute atomic E-state index is 0.278.